The number of hydrogen-bond donors (Lipinski definition) is 2. The highest BCUT2D eigenvalue weighted by Crippen LogP contribution is 2.38. The summed E-state index contributed by atoms with van der Waals surface area (Å²) in [7, 11) is 0. The van der Waals surface area contributed by atoms with E-state index in [1.807, 2.05) is 31.4 Å². The predicted octanol–water partition coefficient (Wildman–Crippen LogP) is 3.55. The Balaban J connectivity index is 0.00000225. The third-order valence-electron chi connectivity index (χ3n) is 5.78. The fraction of sp³-hybridized carbons (Fsp3) is 0.435. The molecule has 1 heterocycles. The molecule has 0 saturated heterocycles. The second-order valence-corrected chi connectivity index (χ2v) is 7.92. The van der Waals surface area contributed by atoms with Crippen LogP contribution < -0.4 is 5.32 Å². The Morgan fingerprint density at radius 2 is 2.11 bits per heavy atom. The summed E-state index contributed by atoms with van der Waals surface area (Å²) >= 11 is 0. The molecule has 1 aromatic rings. The Morgan fingerprint density at radius 1 is 1.32 bits per heavy atom. The Bertz CT molecular complexity index is 843. The lowest BCUT2D eigenvalue weighted by molar-refractivity contribution is -0.0234. The second-order valence-electron chi connectivity index (χ2n) is 7.92. The highest BCUT2D eigenvalue weighted by atomic mass is 35.5. The molecule has 0 radical (unpaired) electrons. The number of rotatable bonds is 6. The molecule has 4 rings (SSSR count). The maximum atomic E-state index is 10.5. The number of halogens is 1. The van der Waals surface area contributed by atoms with Gasteiger partial charge in [0, 0.05) is 24.4 Å². The van der Waals surface area contributed by atoms with Gasteiger partial charge >= 0.3 is 0 Å². The van der Waals surface area contributed by atoms with Crippen LogP contribution in [0.4, 0.5) is 0 Å². The lowest BCUT2D eigenvalue weighted by Crippen LogP contribution is -2.42. The van der Waals surface area contributed by atoms with Gasteiger partial charge in [0.25, 0.3) is 0 Å². The summed E-state index contributed by atoms with van der Waals surface area (Å²) in [5.74, 6) is 0. The zero-order valence-corrected chi connectivity index (χ0v) is 17.3. The molecule has 1 aliphatic heterocycles. The van der Waals surface area contributed by atoms with Crippen molar-refractivity contribution in [3.8, 4) is 0 Å². The smallest absolute Gasteiger partial charge is 0.111 e. The first kappa shape index (κ1) is 21.0. The number of hydrogen-bond acceptors (Lipinski definition) is 4. The molecule has 0 bridgehead atoms. The van der Waals surface area contributed by atoms with Crippen molar-refractivity contribution >= 4 is 18.6 Å². The van der Waals surface area contributed by atoms with Crippen molar-refractivity contribution < 1.29 is 9.84 Å². The van der Waals surface area contributed by atoms with E-state index in [9.17, 15) is 5.11 Å². The van der Waals surface area contributed by atoms with Crippen molar-refractivity contribution in [1.82, 2.24) is 5.32 Å². The fourth-order valence-corrected chi connectivity index (χ4v) is 4.30. The molecule has 3 unspecified atom stereocenters. The monoisotopic (exact) mass is 400 g/mol. The lowest BCUT2D eigenvalue weighted by Gasteiger charge is -2.32. The molecule has 28 heavy (non-hydrogen) atoms. The highest BCUT2D eigenvalue weighted by Gasteiger charge is 2.35. The summed E-state index contributed by atoms with van der Waals surface area (Å²) in [6, 6.07) is 9.07. The van der Waals surface area contributed by atoms with Gasteiger partial charge in [0.2, 0.25) is 0 Å². The molecule has 2 aliphatic carbocycles. The van der Waals surface area contributed by atoms with Gasteiger partial charge in [-0.2, -0.15) is 0 Å². The number of aliphatic hydroxyl groups is 1. The predicted molar refractivity (Wildman–Crippen MR) is 116 cm³/mol. The van der Waals surface area contributed by atoms with Crippen molar-refractivity contribution in [1.29, 1.82) is 0 Å². The van der Waals surface area contributed by atoms with Crippen LogP contribution in [-0.4, -0.2) is 42.2 Å². The van der Waals surface area contributed by atoms with Crippen LogP contribution in [-0.2, 0) is 17.6 Å². The number of fused-ring (bicyclic) bond motifs is 2. The molecule has 2 N–H and O–H groups in total. The Hall–Kier alpha value is -1.72. The van der Waals surface area contributed by atoms with E-state index >= 15 is 0 Å². The summed E-state index contributed by atoms with van der Waals surface area (Å²) in [5, 5.41) is 14.0. The van der Waals surface area contributed by atoms with Crippen LogP contribution in [0.5, 0.6) is 0 Å². The van der Waals surface area contributed by atoms with Crippen LogP contribution in [0.15, 0.2) is 64.3 Å². The summed E-state index contributed by atoms with van der Waals surface area (Å²) in [4.78, 5) is 4.43. The van der Waals surface area contributed by atoms with Crippen LogP contribution in [0.1, 0.15) is 31.4 Å². The van der Waals surface area contributed by atoms with E-state index in [-0.39, 0.29) is 12.4 Å². The van der Waals surface area contributed by atoms with Gasteiger partial charge in [0.1, 0.15) is 5.60 Å². The molecule has 0 aromatic heterocycles. The third-order valence-corrected chi connectivity index (χ3v) is 5.78. The van der Waals surface area contributed by atoms with Gasteiger partial charge < -0.3 is 15.2 Å². The quantitative estimate of drug-likeness (QED) is 0.767. The highest BCUT2D eigenvalue weighted by molar-refractivity contribution is 5.87. The molecule has 3 aliphatic rings. The standard InChI is InChI=1S/C23H28N2O2.ClH/c1-16-13-25-21-8-5-11-23(2,22(16)21)27-15-20(26)14-24-19-10-9-17-6-3-4-7-18(17)12-19;/h3-8,11,13,19-20,24,26H,9-10,12,14-15H2,1-2H3;1H. The molecule has 4 nitrogen and oxygen atoms in total. The number of nitrogens with zero attached hydrogens (tertiary/aromatic N) is 1. The first-order valence-electron chi connectivity index (χ1n) is 9.83. The molecule has 0 saturated carbocycles. The number of allylic oxidation sites excluding steroid dienone is 3. The average molecular weight is 401 g/mol. The van der Waals surface area contributed by atoms with Gasteiger partial charge in [0.05, 0.1) is 18.4 Å². The van der Waals surface area contributed by atoms with Gasteiger partial charge in [-0.1, -0.05) is 30.3 Å². The van der Waals surface area contributed by atoms with Gasteiger partial charge in [-0.25, -0.2) is 0 Å². The molecule has 3 atom stereocenters. The first-order chi connectivity index (χ1) is 13.0. The summed E-state index contributed by atoms with van der Waals surface area (Å²) in [6.45, 7) is 4.94. The first-order valence-corrected chi connectivity index (χ1v) is 9.83. The van der Waals surface area contributed by atoms with Gasteiger partial charge in [-0.15, -0.1) is 12.4 Å². The minimum absolute atomic E-state index is 0. The van der Waals surface area contributed by atoms with Gasteiger partial charge in [-0.05, 0) is 62.0 Å². The van der Waals surface area contributed by atoms with Crippen LogP contribution >= 0.6 is 12.4 Å². The molecule has 1 aromatic carbocycles. The second kappa shape index (κ2) is 8.75. The normalized spacial score (nSPS) is 26.4. The van der Waals surface area contributed by atoms with E-state index in [1.165, 1.54) is 11.1 Å². The molecule has 0 spiro atoms. The van der Waals surface area contributed by atoms with Gasteiger partial charge in [0.15, 0.2) is 0 Å². The van der Waals surface area contributed by atoms with Crippen molar-refractivity contribution in [3.05, 3.63) is 70.5 Å². The Kier molecular flexibility index (Phi) is 6.56. The largest absolute Gasteiger partial charge is 0.389 e. The van der Waals surface area contributed by atoms with Crippen molar-refractivity contribution in [2.45, 2.75) is 50.9 Å². The number of benzene rings is 1. The van der Waals surface area contributed by atoms with Crippen molar-refractivity contribution in [3.63, 3.8) is 0 Å². The summed E-state index contributed by atoms with van der Waals surface area (Å²) in [5.41, 5.74) is 5.55. The van der Waals surface area contributed by atoms with Crippen LogP contribution in [0.3, 0.4) is 0 Å². The SMILES string of the molecule is CC1=C2C(=CC=CC2(C)OCC(O)CNC2CCc3ccccc3C2)N=C1.Cl. The minimum atomic E-state index is -0.537. The number of aliphatic imine (C=N–C) groups is 1. The lowest BCUT2D eigenvalue weighted by atomic mass is 9.87. The zero-order chi connectivity index (χ0) is 18.9. The zero-order valence-electron chi connectivity index (χ0n) is 16.5. The molecular weight excluding hydrogens is 372 g/mol. The van der Waals surface area contributed by atoms with E-state index in [1.54, 1.807) is 0 Å². The van der Waals surface area contributed by atoms with E-state index in [0.29, 0.717) is 19.2 Å². The van der Waals surface area contributed by atoms with Gasteiger partial charge in [-0.3, -0.25) is 4.99 Å². The maximum absolute atomic E-state index is 10.5. The number of nitrogens with one attached hydrogen (secondary N) is 1. The third kappa shape index (κ3) is 4.31. The minimum Gasteiger partial charge on any atom is -0.389 e. The van der Waals surface area contributed by atoms with Crippen LogP contribution in [0.2, 0.25) is 0 Å². The Labute approximate surface area is 173 Å². The molecule has 5 heteroatoms. The van der Waals surface area contributed by atoms with Crippen molar-refractivity contribution in [2.75, 3.05) is 13.2 Å². The molecule has 0 fully saturated rings. The number of aryl methyl sites for hydroxylation is 1. The summed E-state index contributed by atoms with van der Waals surface area (Å²) in [6.07, 6.45) is 10.6. The Morgan fingerprint density at radius 3 is 2.93 bits per heavy atom. The number of aliphatic hydroxyl groups excluding tert-OH is 1. The fourth-order valence-electron chi connectivity index (χ4n) is 4.30. The van der Waals surface area contributed by atoms with Crippen molar-refractivity contribution in [2.24, 2.45) is 4.99 Å². The maximum Gasteiger partial charge on any atom is 0.111 e. The average Bonchev–Trinajstić information content (AvgIpc) is 3.07. The molecular formula is C23H29ClN2O2. The van der Waals surface area contributed by atoms with E-state index < -0.39 is 11.7 Å². The van der Waals surface area contributed by atoms with Crippen LogP contribution in [0.25, 0.3) is 0 Å². The summed E-state index contributed by atoms with van der Waals surface area (Å²) < 4.78 is 6.16. The number of ether oxygens (including phenoxy) is 1. The van der Waals surface area contributed by atoms with E-state index in [2.05, 4.69) is 41.5 Å². The molecule has 0 amide bonds. The van der Waals surface area contributed by atoms with Crippen LogP contribution in [0, 0.1) is 0 Å². The van der Waals surface area contributed by atoms with E-state index in [0.717, 1.165) is 36.1 Å². The molecule has 150 valence electrons. The topological polar surface area (TPSA) is 53.9 Å². The van der Waals surface area contributed by atoms with E-state index in [4.69, 9.17) is 4.74 Å².